The molecule has 6 N–H and O–H groups in total. The maximum absolute atomic E-state index is 14.4. The van der Waals surface area contributed by atoms with Crippen molar-refractivity contribution in [1.82, 2.24) is 41.7 Å². The molecule has 0 radical (unpaired) electrons. The van der Waals surface area contributed by atoms with E-state index in [4.69, 9.17) is 4.74 Å². The molecular weight excluding hydrogens is 849 g/mol. The third-order valence-corrected chi connectivity index (χ3v) is 13.8. The number of ether oxygens (including phenoxy) is 1. The second kappa shape index (κ2) is 23.1. The Kier molecular flexibility index (Phi) is 16.8. The van der Waals surface area contributed by atoms with E-state index in [1.165, 1.54) is 11.1 Å². The minimum atomic E-state index is -1.05. The minimum Gasteiger partial charge on any atom is -0.366 e. The lowest BCUT2D eigenvalue weighted by atomic mass is 9.87. The van der Waals surface area contributed by atoms with E-state index < -0.39 is 42.2 Å². The number of hydrogen-bond donors (Lipinski definition) is 6. The van der Waals surface area contributed by atoms with E-state index in [0.717, 1.165) is 49.7 Å². The van der Waals surface area contributed by atoms with Gasteiger partial charge in [0.25, 0.3) is 0 Å². The fraction of sp³-hybridized carbons (Fsp3) is 0.500. The number of carbonyl (C=O) groups is 6. The van der Waals surface area contributed by atoms with E-state index in [2.05, 4.69) is 68.0 Å². The van der Waals surface area contributed by atoms with Crippen LogP contribution in [-0.2, 0) is 46.3 Å². The molecule has 0 spiro atoms. The molecule has 2 fully saturated rings. The standard InChI is InChI=1S/C52H66N8O7/c1-33(53-3)47(61)57-43(51(65)59-29-11-23-44(59)49(63)55-41-21-9-17-36-15-5-7-19-39(36)41)32-67-31-13-14-35-25-27-38(28-26-35)46(58-48(62)34(2)54-4)52(66)60-30-12-24-45(60)50(64)56-42-22-10-18-37-16-6-8-20-40(37)42/h5-8,15-16,19-20,25-28,33-34,41-46,53-54H,9-12,17-18,21-24,29-32H2,1-4H3,(H,55,63)(H,56,64)(H,57,61)(H,58,62)/t33-,34-,41+,42?,43-,44-,45-,46-/m0/s1. The van der Waals surface area contributed by atoms with E-state index in [1.807, 2.05) is 24.3 Å². The topological polar surface area (TPSA) is 190 Å². The van der Waals surface area contributed by atoms with Gasteiger partial charge in [0.1, 0.15) is 30.8 Å². The molecule has 8 atom stereocenters. The quantitative estimate of drug-likeness (QED) is 0.0926. The molecule has 0 aromatic heterocycles. The third-order valence-electron chi connectivity index (χ3n) is 13.8. The van der Waals surface area contributed by atoms with Crippen LogP contribution >= 0.6 is 0 Å². The molecule has 1 unspecified atom stereocenters. The summed E-state index contributed by atoms with van der Waals surface area (Å²) in [7, 11) is 3.33. The minimum absolute atomic E-state index is 0.0576. The molecule has 0 bridgehead atoms. The average Bonchev–Trinajstić information content (AvgIpc) is 4.06. The predicted molar refractivity (Wildman–Crippen MR) is 254 cm³/mol. The van der Waals surface area contributed by atoms with Crippen molar-refractivity contribution in [3.63, 3.8) is 0 Å². The van der Waals surface area contributed by atoms with Gasteiger partial charge in [-0.3, -0.25) is 28.8 Å². The molecule has 3 aromatic rings. The molecule has 15 nitrogen and oxygen atoms in total. The Morgan fingerprint density at radius 3 is 1.69 bits per heavy atom. The number of nitrogens with one attached hydrogen (secondary N) is 6. The first-order chi connectivity index (χ1) is 32.5. The number of aryl methyl sites for hydroxylation is 2. The van der Waals surface area contributed by atoms with Crippen LogP contribution in [0.2, 0.25) is 0 Å². The molecule has 2 heterocycles. The maximum Gasteiger partial charge on any atom is 0.250 e. The first-order valence-corrected chi connectivity index (χ1v) is 24.0. The SMILES string of the molecule is CN[C@@H](C)C(=O)N[C@@H](COCC#Cc1ccc([C@H](NC(=O)[C@H](C)NC)C(=O)N2CCC[C@H]2C(=O)NC2CCCc3ccccc32)cc1)C(=O)N1CCC[C@H]1C(=O)N[C@@H]1CCCc2ccccc21. The average molecular weight is 915 g/mol. The number of fused-ring (bicyclic) bond motifs is 2. The zero-order valence-corrected chi connectivity index (χ0v) is 39.2. The van der Waals surface area contributed by atoms with Gasteiger partial charge in [0.2, 0.25) is 35.4 Å². The molecule has 0 saturated carbocycles. The zero-order valence-electron chi connectivity index (χ0n) is 39.2. The van der Waals surface area contributed by atoms with E-state index >= 15 is 0 Å². The predicted octanol–water partition coefficient (Wildman–Crippen LogP) is 3.28. The molecular formula is C52H66N8O7. The van der Waals surface area contributed by atoms with Crippen LogP contribution in [-0.4, -0.2) is 116 Å². The molecule has 3 aromatic carbocycles. The lowest BCUT2D eigenvalue weighted by Gasteiger charge is -2.32. The summed E-state index contributed by atoms with van der Waals surface area (Å²) in [4.78, 5) is 85.5. The number of likely N-dealkylation sites (N-methyl/N-ethyl adjacent to an activating group) is 2. The first kappa shape index (κ1) is 48.8. The summed E-state index contributed by atoms with van der Waals surface area (Å²) in [6, 6.07) is 18.5. The van der Waals surface area contributed by atoms with Crippen LogP contribution in [0.15, 0.2) is 72.8 Å². The highest BCUT2D eigenvalue weighted by atomic mass is 16.5. The van der Waals surface area contributed by atoms with Gasteiger partial charge in [-0.25, -0.2) is 0 Å². The molecule has 356 valence electrons. The van der Waals surface area contributed by atoms with Crippen molar-refractivity contribution in [2.24, 2.45) is 0 Å². The largest absolute Gasteiger partial charge is 0.366 e. The highest BCUT2D eigenvalue weighted by Crippen LogP contribution is 2.32. The van der Waals surface area contributed by atoms with E-state index in [9.17, 15) is 28.8 Å². The van der Waals surface area contributed by atoms with Gasteiger partial charge in [0.15, 0.2) is 0 Å². The maximum atomic E-state index is 14.4. The summed E-state index contributed by atoms with van der Waals surface area (Å²) >= 11 is 0. The van der Waals surface area contributed by atoms with Crippen molar-refractivity contribution in [2.75, 3.05) is 40.4 Å². The van der Waals surface area contributed by atoms with Crippen molar-refractivity contribution in [3.8, 4) is 11.8 Å². The number of benzene rings is 3. The summed E-state index contributed by atoms with van der Waals surface area (Å²) in [5, 5.41) is 18.0. The van der Waals surface area contributed by atoms with Crippen molar-refractivity contribution in [1.29, 1.82) is 0 Å². The molecule has 67 heavy (non-hydrogen) atoms. The Bertz CT molecular complexity index is 2330. The third kappa shape index (κ3) is 11.9. The van der Waals surface area contributed by atoms with E-state index in [-0.39, 0.29) is 54.8 Å². The van der Waals surface area contributed by atoms with Crippen LogP contribution < -0.4 is 31.9 Å². The lowest BCUT2D eigenvalue weighted by Crippen LogP contribution is -2.57. The van der Waals surface area contributed by atoms with Crippen LogP contribution in [0.25, 0.3) is 0 Å². The van der Waals surface area contributed by atoms with Crippen molar-refractivity contribution < 1.29 is 33.5 Å². The Balaban J connectivity index is 0.986. The monoisotopic (exact) mass is 915 g/mol. The highest BCUT2D eigenvalue weighted by Gasteiger charge is 2.41. The summed E-state index contributed by atoms with van der Waals surface area (Å²) in [5.41, 5.74) is 5.87. The fourth-order valence-corrected chi connectivity index (χ4v) is 9.73. The van der Waals surface area contributed by atoms with Gasteiger partial charge < -0.3 is 46.4 Å². The number of rotatable bonds is 16. The number of carbonyl (C=O) groups excluding carboxylic acids is 6. The van der Waals surface area contributed by atoms with Gasteiger partial charge in [-0.05, 0) is 132 Å². The number of nitrogens with zero attached hydrogens (tertiary/aromatic N) is 2. The van der Waals surface area contributed by atoms with Gasteiger partial charge in [0, 0.05) is 18.7 Å². The molecule has 15 heteroatoms. The normalized spacial score (nSPS) is 21.6. The summed E-state index contributed by atoms with van der Waals surface area (Å²) in [6.07, 6.45) is 7.91. The molecule has 2 saturated heterocycles. The van der Waals surface area contributed by atoms with Crippen LogP contribution in [0.5, 0.6) is 0 Å². The van der Waals surface area contributed by atoms with Gasteiger partial charge >= 0.3 is 0 Å². The van der Waals surface area contributed by atoms with Gasteiger partial charge in [-0.2, -0.15) is 0 Å². The Morgan fingerprint density at radius 2 is 1.15 bits per heavy atom. The van der Waals surface area contributed by atoms with Crippen LogP contribution in [0.4, 0.5) is 0 Å². The lowest BCUT2D eigenvalue weighted by molar-refractivity contribution is -0.143. The molecule has 6 amide bonds. The zero-order chi connectivity index (χ0) is 47.5. The van der Waals surface area contributed by atoms with Crippen LogP contribution in [0, 0.1) is 11.8 Å². The van der Waals surface area contributed by atoms with Crippen LogP contribution in [0.3, 0.4) is 0 Å². The second-order valence-corrected chi connectivity index (χ2v) is 18.1. The molecule has 7 rings (SSSR count). The van der Waals surface area contributed by atoms with Gasteiger partial charge in [-0.15, -0.1) is 0 Å². The van der Waals surface area contributed by atoms with Gasteiger partial charge in [0.05, 0.1) is 30.8 Å². The fourth-order valence-electron chi connectivity index (χ4n) is 9.73. The first-order valence-electron chi connectivity index (χ1n) is 24.0. The molecule has 2 aliphatic carbocycles. The van der Waals surface area contributed by atoms with Crippen LogP contribution in [0.1, 0.15) is 117 Å². The number of amides is 6. The molecule has 4 aliphatic rings. The number of hydrogen-bond acceptors (Lipinski definition) is 9. The van der Waals surface area contributed by atoms with Crippen molar-refractivity contribution in [2.45, 2.75) is 126 Å². The summed E-state index contributed by atoms with van der Waals surface area (Å²) in [5.74, 6) is 4.16. The van der Waals surface area contributed by atoms with E-state index in [1.54, 1.807) is 62.0 Å². The van der Waals surface area contributed by atoms with Crippen molar-refractivity contribution >= 4 is 35.4 Å². The second-order valence-electron chi connectivity index (χ2n) is 18.1. The van der Waals surface area contributed by atoms with Crippen molar-refractivity contribution in [3.05, 3.63) is 106 Å². The Hall–Kier alpha value is -6.08. The van der Waals surface area contributed by atoms with E-state index in [0.29, 0.717) is 49.9 Å². The Labute approximate surface area is 394 Å². The summed E-state index contributed by atoms with van der Waals surface area (Å²) in [6.45, 7) is 3.96. The Morgan fingerprint density at radius 1 is 0.642 bits per heavy atom. The highest BCUT2D eigenvalue weighted by molar-refractivity contribution is 5.95. The molecule has 2 aliphatic heterocycles. The summed E-state index contributed by atoms with van der Waals surface area (Å²) < 4.78 is 5.90. The number of likely N-dealkylation sites (tertiary alicyclic amines) is 2. The smallest absolute Gasteiger partial charge is 0.250 e. The van der Waals surface area contributed by atoms with Gasteiger partial charge in [-0.1, -0.05) is 72.5 Å².